The molecular weight excluding hydrogens is 455 g/mol. The number of carbonyl (C=O) groups is 2. The van der Waals surface area contributed by atoms with Crippen molar-refractivity contribution in [1.29, 1.82) is 0 Å². The molecule has 2 amide bonds. The highest BCUT2D eigenvalue weighted by Crippen LogP contribution is 2.24. The number of anilines is 1. The van der Waals surface area contributed by atoms with Gasteiger partial charge in [0.1, 0.15) is 16.8 Å². The quantitative estimate of drug-likeness (QED) is 0.263. The SMILES string of the molecule is CCCCCCOc1ccc(NC(=O)C[C@H]2S/C(=N\N=C(\C)c3ccc(F)cc3)NC2=O)cc1. The van der Waals surface area contributed by atoms with Gasteiger partial charge < -0.3 is 15.4 Å². The third-order valence-electron chi connectivity index (χ3n) is 5.10. The Kier molecular flexibility index (Phi) is 9.63. The van der Waals surface area contributed by atoms with E-state index in [2.05, 4.69) is 27.8 Å². The number of unbranched alkanes of at least 4 members (excludes halogenated alkanes) is 3. The molecule has 180 valence electrons. The van der Waals surface area contributed by atoms with Crippen LogP contribution in [0.2, 0.25) is 0 Å². The normalized spacial score (nSPS) is 17.0. The molecule has 2 N–H and O–H groups in total. The van der Waals surface area contributed by atoms with Crippen LogP contribution in [-0.2, 0) is 9.59 Å². The van der Waals surface area contributed by atoms with Gasteiger partial charge in [0.25, 0.3) is 0 Å². The Bertz CT molecular complexity index is 1040. The number of nitrogens with zero attached hydrogens (tertiary/aromatic N) is 2. The van der Waals surface area contributed by atoms with Crippen molar-refractivity contribution < 1.29 is 18.7 Å². The summed E-state index contributed by atoms with van der Waals surface area (Å²) >= 11 is 1.16. The van der Waals surface area contributed by atoms with Crippen molar-refractivity contribution in [3.8, 4) is 5.75 Å². The minimum absolute atomic E-state index is 0.00581. The van der Waals surface area contributed by atoms with Crippen LogP contribution in [0.25, 0.3) is 0 Å². The van der Waals surface area contributed by atoms with Crippen LogP contribution < -0.4 is 15.4 Å². The fourth-order valence-electron chi connectivity index (χ4n) is 3.19. The molecule has 9 heteroatoms. The number of amides is 2. The van der Waals surface area contributed by atoms with Crippen LogP contribution in [0.3, 0.4) is 0 Å². The van der Waals surface area contributed by atoms with Crippen LogP contribution in [0.1, 0.15) is 51.5 Å². The Morgan fingerprint density at radius 1 is 1.12 bits per heavy atom. The highest BCUT2D eigenvalue weighted by atomic mass is 32.2. The smallest absolute Gasteiger partial charge is 0.240 e. The average molecular weight is 485 g/mol. The van der Waals surface area contributed by atoms with Crippen molar-refractivity contribution >= 4 is 40.1 Å². The fraction of sp³-hybridized carbons (Fsp3) is 0.360. The molecule has 0 bridgehead atoms. The molecule has 1 saturated heterocycles. The molecule has 34 heavy (non-hydrogen) atoms. The predicted molar refractivity (Wildman–Crippen MR) is 135 cm³/mol. The zero-order chi connectivity index (χ0) is 24.3. The lowest BCUT2D eigenvalue weighted by atomic mass is 10.1. The highest BCUT2D eigenvalue weighted by molar-refractivity contribution is 8.15. The van der Waals surface area contributed by atoms with Crippen LogP contribution in [-0.4, -0.2) is 34.6 Å². The molecule has 0 unspecified atom stereocenters. The van der Waals surface area contributed by atoms with Gasteiger partial charge in [0.15, 0.2) is 5.17 Å². The number of thioether (sulfide) groups is 1. The lowest BCUT2D eigenvalue weighted by molar-refractivity contribution is -0.122. The summed E-state index contributed by atoms with van der Waals surface area (Å²) in [6.45, 7) is 4.59. The molecule has 2 aromatic carbocycles. The summed E-state index contributed by atoms with van der Waals surface area (Å²) in [6, 6.07) is 13.1. The number of benzene rings is 2. The van der Waals surface area contributed by atoms with E-state index in [0.717, 1.165) is 35.9 Å². The van der Waals surface area contributed by atoms with Gasteiger partial charge in [0, 0.05) is 12.1 Å². The summed E-state index contributed by atoms with van der Waals surface area (Å²) in [4.78, 5) is 24.7. The van der Waals surface area contributed by atoms with Crippen LogP contribution in [0, 0.1) is 5.82 Å². The minimum Gasteiger partial charge on any atom is -0.494 e. The Morgan fingerprint density at radius 2 is 1.85 bits per heavy atom. The van der Waals surface area contributed by atoms with Gasteiger partial charge in [-0.15, -0.1) is 5.10 Å². The monoisotopic (exact) mass is 484 g/mol. The van der Waals surface area contributed by atoms with Crippen molar-refractivity contribution in [2.75, 3.05) is 11.9 Å². The van der Waals surface area contributed by atoms with E-state index in [1.807, 2.05) is 12.1 Å². The summed E-state index contributed by atoms with van der Waals surface area (Å²) in [5.74, 6) is -0.129. The molecule has 1 aliphatic heterocycles. The molecule has 3 rings (SSSR count). The molecule has 0 saturated carbocycles. The topological polar surface area (TPSA) is 92.2 Å². The molecular formula is C25H29FN4O3S. The summed E-state index contributed by atoms with van der Waals surface area (Å²) < 4.78 is 18.8. The number of hydrogen-bond donors (Lipinski definition) is 2. The van der Waals surface area contributed by atoms with Crippen LogP contribution in [0.4, 0.5) is 10.1 Å². The second-order valence-electron chi connectivity index (χ2n) is 7.88. The maximum atomic E-state index is 13.0. The van der Waals surface area contributed by atoms with E-state index in [1.165, 1.54) is 25.0 Å². The van der Waals surface area contributed by atoms with Crippen LogP contribution in [0.15, 0.2) is 58.7 Å². The zero-order valence-corrected chi connectivity index (χ0v) is 20.2. The third-order valence-corrected chi connectivity index (χ3v) is 6.18. The van der Waals surface area contributed by atoms with E-state index >= 15 is 0 Å². The van der Waals surface area contributed by atoms with Gasteiger partial charge >= 0.3 is 0 Å². The van der Waals surface area contributed by atoms with E-state index in [0.29, 0.717) is 23.2 Å². The van der Waals surface area contributed by atoms with Gasteiger partial charge in [-0.25, -0.2) is 4.39 Å². The molecule has 7 nitrogen and oxygen atoms in total. The van der Waals surface area contributed by atoms with E-state index in [1.54, 1.807) is 31.2 Å². The molecule has 1 fully saturated rings. The number of nitrogens with one attached hydrogen (secondary N) is 2. The molecule has 1 atom stereocenters. The van der Waals surface area contributed by atoms with Crippen LogP contribution >= 0.6 is 11.8 Å². The lowest BCUT2D eigenvalue weighted by Gasteiger charge is -2.09. The Hall–Kier alpha value is -3.20. The number of ether oxygens (including phenoxy) is 1. The summed E-state index contributed by atoms with van der Waals surface area (Å²) in [5, 5.41) is 13.3. The van der Waals surface area contributed by atoms with E-state index in [4.69, 9.17) is 4.74 Å². The van der Waals surface area contributed by atoms with Gasteiger partial charge in [-0.2, -0.15) is 5.10 Å². The first kappa shape index (κ1) is 25.4. The largest absolute Gasteiger partial charge is 0.494 e. The fourth-order valence-corrected chi connectivity index (χ4v) is 4.11. The van der Waals surface area contributed by atoms with Crippen molar-refractivity contribution in [2.45, 2.75) is 51.2 Å². The van der Waals surface area contributed by atoms with Crippen LogP contribution in [0.5, 0.6) is 5.75 Å². The zero-order valence-electron chi connectivity index (χ0n) is 19.3. The average Bonchev–Trinajstić information content (AvgIpc) is 3.17. The first-order valence-electron chi connectivity index (χ1n) is 11.3. The third kappa shape index (κ3) is 7.98. The van der Waals surface area contributed by atoms with Gasteiger partial charge in [-0.05, 0) is 55.3 Å². The predicted octanol–water partition coefficient (Wildman–Crippen LogP) is 5.13. The first-order valence-corrected chi connectivity index (χ1v) is 12.2. The van der Waals surface area contributed by atoms with Gasteiger partial charge in [0.05, 0.1) is 12.3 Å². The van der Waals surface area contributed by atoms with E-state index in [-0.39, 0.29) is 24.1 Å². The van der Waals surface area contributed by atoms with E-state index < -0.39 is 5.25 Å². The minimum atomic E-state index is -0.592. The van der Waals surface area contributed by atoms with Gasteiger partial charge in [-0.1, -0.05) is 50.1 Å². The maximum Gasteiger partial charge on any atom is 0.240 e. The number of rotatable bonds is 11. The summed E-state index contributed by atoms with van der Waals surface area (Å²) in [6.07, 6.45) is 4.59. The van der Waals surface area contributed by atoms with Crippen molar-refractivity contribution in [3.63, 3.8) is 0 Å². The Balaban J connectivity index is 1.46. The van der Waals surface area contributed by atoms with Crippen molar-refractivity contribution in [3.05, 3.63) is 59.9 Å². The first-order chi connectivity index (χ1) is 16.4. The second kappa shape index (κ2) is 12.9. The lowest BCUT2D eigenvalue weighted by Crippen LogP contribution is -2.28. The highest BCUT2D eigenvalue weighted by Gasteiger charge is 2.32. The maximum absolute atomic E-state index is 13.0. The molecule has 0 spiro atoms. The van der Waals surface area contributed by atoms with Gasteiger partial charge in [0.2, 0.25) is 11.8 Å². The summed E-state index contributed by atoms with van der Waals surface area (Å²) in [5.41, 5.74) is 1.95. The number of hydrogen-bond acceptors (Lipinski definition) is 6. The van der Waals surface area contributed by atoms with Gasteiger partial charge in [-0.3, -0.25) is 9.59 Å². The molecule has 0 aromatic heterocycles. The standard InChI is InChI=1S/C25H29FN4O3S/c1-3-4-5-6-15-33-21-13-11-20(12-14-21)27-23(31)16-22-24(32)28-25(34-22)30-29-17(2)18-7-9-19(26)10-8-18/h7-14,22H,3-6,15-16H2,1-2H3,(H,27,31)(H,28,30,32)/b29-17-/t22-/m1/s1. The summed E-state index contributed by atoms with van der Waals surface area (Å²) in [7, 11) is 0. The molecule has 2 aromatic rings. The molecule has 0 aliphatic carbocycles. The Labute approximate surface area is 203 Å². The van der Waals surface area contributed by atoms with Crippen molar-refractivity contribution in [2.24, 2.45) is 10.2 Å². The number of amidine groups is 1. The second-order valence-corrected chi connectivity index (χ2v) is 9.07. The number of carbonyl (C=O) groups excluding carboxylic acids is 2. The Morgan fingerprint density at radius 3 is 2.56 bits per heavy atom. The molecule has 0 radical (unpaired) electrons. The van der Waals surface area contributed by atoms with Crippen molar-refractivity contribution in [1.82, 2.24) is 5.32 Å². The van der Waals surface area contributed by atoms with E-state index in [9.17, 15) is 14.0 Å². The molecule has 1 heterocycles. The molecule has 1 aliphatic rings. The number of halogens is 1.